The van der Waals surface area contributed by atoms with Crippen LogP contribution in [0.25, 0.3) is 0 Å². The average molecular weight is 290 g/mol. The molecule has 0 saturated heterocycles. The van der Waals surface area contributed by atoms with Crippen molar-refractivity contribution < 1.29 is 9.53 Å². The van der Waals surface area contributed by atoms with Crippen molar-refractivity contribution in [3.63, 3.8) is 0 Å². The number of aryl methyl sites for hydroxylation is 3. The van der Waals surface area contributed by atoms with Gasteiger partial charge in [-0.3, -0.25) is 9.48 Å². The molecule has 1 N–H and O–H groups in total. The van der Waals surface area contributed by atoms with Crippen LogP contribution >= 0.6 is 0 Å². The van der Waals surface area contributed by atoms with Crippen molar-refractivity contribution in [2.75, 3.05) is 0 Å². The fraction of sp³-hybridized carbons (Fsp3) is 0.429. The number of rotatable bonds is 3. The lowest BCUT2D eigenvalue weighted by Crippen LogP contribution is -2.18. The molecule has 2 aromatic rings. The summed E-state index contributed by atoms with van der Waals surface area (Å²) in [4.78, 5) is 30.4. The van der Waals surface area contributed by atoms with Crippen LogP contribution in [-0.2, 0) is 11.8 Å². The molecule has 7 nitrogen and oxygen atoms in total. The van der Waals surface area contributed by atoms with Gasteiger partial charge < -0.3 is 9.72 Å². The monoisotopic (exact) mass is 290 g/mol. The number of aromatic nitrogens is 4. The second-order valence-corrected chi connectivity index (χ2v) is 4.99. The summed E-state index contributed by atoms with van der Waals surface area (Å²) in [6.45, 7) is 6.93. The smallest absolute Gasteiger partial charge is 0.342 e. The van der Waals surface area contributed by atoms with Gasteiger partial charge in [0.25, 0.3) is 5.56 Å². The van der Waals surface area contributed by atoms with Crippen LogP contribution in [0.2, 0.25) is 0 Å². The first-order valence-electron chi connectivity index (χ1n) is 6.58. The quantitative estimate of drug-likeness (QED) is 0.862. The predicted octanol–water partition coefficient (Wildman–Crippen LogP) is 1.35. The maximum atomic E-state index is 12.3. The topological polar surface area (TPSA) is 89.9 Å². The van der Waals surface area contributed by atoms with E-state index >= 15 is 0 Å². The maximum Gasteiger partial charge on any atom is 0.342 e. The molecule has 0 aliphatic heterocycles. The van der Waals surface area contributed by atoms with Crippen LogP contribution in [0.5, 0.6) is 0 Å². The lowest BCUT2D eigenvalue weighted by Gasteiger charge is -2.13. The molecule has 1 unspecified atom stereocenters. The van der Waals surface area contributed by atoms with Gasteiger partial charge in [0.1, 0.15) is 11.4 Å². The normalized spacial score (nSPS) is 12.2. The molecule has 1 atom stereocenters. The van der Waals surface area contributed by atoms with E-state index in [9.17, 15) is 9.59 Å². The van der Waals surface area contributed by atoms with Gasteiger partial charge in [-0.2, -0.15) is 5.10 Å². The van der Waals surface area contributed by atoms with Crippen LogP contribution in [0, 0.1) is 20.8 Å². The average Bonchev–Trinajstić information content (AvgIpc) is 2.61. The third-order valence-electron chi connectivity index (χ3n) is 3.27. The van der Waals surface area contributed by atoms with E-state index in [0.29, 0.717) is 22.8 Å². The zero-order valence-corrected chi connectivity index (χ0v) is 12.7. The molecule has 2 heterocycles. The molecule has 0 spiro atoms. The fourth-order valence-corrected chi connectivity index (χ4v) is 2.14. The van der Waals surface area contributed by atoms with E-state index in [1.54, 1.807) is 39.4 Å². The molecule has 2 rings (SSSR count). The molecule has 0 saturated carbocycles. The maximum absolute atomic E-state index is 12.3. The molecule has 0 aliphatic rings. The van der Waals surface area contributed by atoms with E-state index < -0.39 is 12.1 Å². The minimum atomic E-state index is -0.649. The van der Waals surface area contributed by atoms with E-state index in [-0.39, 0.29) is 5.56 Å². The summed E-state index contributed by atoms with van der Waals surface area (Å²) in [6.07, 6.45) is -0.649. The number of carbonyl (C=O) groups excluding carboxylic acids is 1. The zero-order chi connectivity index (χ0) is 15.7. The Morgan fingerprint density at radius 1 is 1.38 bits per heavy atom. The number of nitrogens with one attached hydrogen (secondary N) is 1. The van der Waals surface area contributed by atoms with Crippen molar-refractivity contribution in [1.29, 1.82) is 0 Å². The number of H-pyrrole nitrogens is 1. The SMILES string of the molecule is Cc1cc(=O)[nH]c(C(C)OC(=O)c2c(C)nn(C)c2C)n1. The number of aromatic amines is 1. The van der Waals surface area contributed by atoms with Crippen LogP contribution in [0.15, 0.2) is 10.9 Å². The Hall–Kier alpha value is -2.44. The van der Waals surface area contributed by atoms with Crippen molar-refractivity contribution in [3.8, 4) is 0 Å². The highest BCUT2D eigenvalue weighted by atomic mass is 16.5. The molecule has 21 heavy (non-hydrogen) atoms. The van der Waals surface area contributed by atoms with Crippen molar-refractivity contribution in [2.24, 2.45) is 7.05 Å². The van der Waals surface area contributed by atoms with Crippen LogP contribution in [-0.4, -0.2) is 25.7 Å². The van der Waals surface area contributed by atoms with Crippen molar-refractivity contribution >= 4 is 5.97 Å². The van der Waals surface area contributed by atoms with E-state index in [1.165, 1.54) is 6.07 Å². The minimum Gasteiger partial charge on any atom is -0.451 e. The third kappa shape index (κ3) is 3.01. The van der Waals surface area contributed by atoms with E-state index in [2.05, 4.69) is 15.1 Å². The standard InChI is InChI=1S/C14H18N4O3/c1-7-6-11(19)16-13(15-7)10(4)21-14(20)12-8(2)17-18(5)9(12)3/h6,10H,1-5H3,(H,15,16,19). The Balaban J connectivity index is 2.24. The first kappa shape index (κ1) is 15.0. The summed E-state index contributed by atoms with van der Waals surface area (Å²) < 4.78 is 7.01. The number of hydrogen-bond acceptors (Lipinski definition) is 5. The molecule has 0 radical (unpaired) electrons. The number of esters is 1. The summed E-state index contributed by atoms with van der Waals surface area (Å²) in [5.74, 6) is -0.151. The first-order chi connectivity index (χ1) is 9.79. The van der Waals surface area contributed by atoms with Gasteiger partial charge in [-0.1, -0.05) is 0 Å². The van der Waals surface area contributed by atoms with Gasteiger partial charge in [-0.15, -0.1) is 0 Å². The summed E-state index contributed by atoms with van der Waals surface area (Å²) >= 11 is 0. The van der Waals surface area contributed by atoms with Crippen LogP contribution in [0.1, 0.15) is 46.3 Å². The largest absolute Gasteiger partial charge is 0.451 e. The Morgan fingerprint density at radius 3 is 2.57 bits per heavy atom. The predicted molar refractivity (Wildman–Crippen MR) is 76.1 cm³/mol. The number of carbonyl (C=O) groups is 1. The van der Waals surface area contributed by atoms with Gasteiger partial charge in [-0.25, -0.2) is 9.78 Å². The van der Waals surface area contributed by atoms with Gasteiger partial charge in [0, 0.05) is 24.5 Å². The minimum absolute atomic E-state index is 0.269. The lowest BCUT2D eigenvalue weighted by molar-refractivity contribution is 0.0317. The molecule has 0 fully saturated rings. The second-order valence-electron chi connectivity index (χ2n) is 4.99. The summed E-state index contributed by atoms with van der Waals surface area (Å²) in [6, 6.07) is 1.38. The molecule has 2 aromatic heterocycles. The highest BCUT2D eigenvalue weighted by Crippen LogP contribution is 2.18. The van der Waals surface area contributed by atoms with Crippen molar-refractivity contribution in [3.05, 3.63) is 44.9 Å². The number of ether oxygens (including phenoxy) is 1. The van der Waals surface area contributed by atoms with Gasteiger partial charge in [0.15, 0.2) is 6.10 Å². The van der Waals surface area contributed by atoms with Crippen LogP contribution in [0.4, 0.5) is 0 Å². The van der Waals surface area contributed by atoms with Crippen molar-refractivity contribution in [1.82, 2.24) is 19.7 Å². The third-order valence-corrected chi connectivity index (χ3v) is 3.27. The van der Waals surface area contributed by atoms with E-state index in [0.717, 1.165) is 5.69 Å². The van der Waals surface area contributed by atoms with Gasteiger partial charge in [0.2, 0.25) is 0 Å². The molecule has 0 bridgehead atoms. The van der Waals surface area contributed by atoms with E-state index in [1.807, 2.05) is 0 Å². The van der Waals surface area contributed by atoms with Gasteiger partial charge >= 0.3 is 5.97 Å². The second kappa shape index (κ2) is 5.51. The zero-order valence-electron chi connectivity index (χ0n) is 12.7. The van der Waals surface area contributed by atoms with Crippen molar-refractivity contribution in [2.45, 2.75) is 33.8 Å². The van der Waals surface area contributed by atoms with Gasteiger partial charge in [-0.05, 0) is 27.7 Å². The number of nitrogens with zero attached hydrogens (tertiary/aromatic N) is 3. The Bertz CT molecular complexity index is 745. The van der Waals surface area contributed by atoms with E-state index in [4.69, 9.17) is 4.74 Å². The Labute approximate surface area is 122 Å². The van der Waals surface area contributed by atoms with Crippen LogP contribution < -0.4 is 5.56 Å². The molecule has 7 heteroatoms. The first-order valence-corrected chi connectivity index (χ1v) is 6.58. The highest BCUT2D eigenvalue weighted by molar-refractivity contribution is 5.92. The van der Waals surface area contributed by atoms with Gasteiger partial charge in [0.05, 0.1) is 5.69 Å². The summed E-state index contributed by atoms with van der Waals surface area (Å²) in [5, 5.41) is 4.18. The molecule has 0 aromatic carbocycles. The molecular weight excluding hydrogens is 272 g/mol. The van der Waals surface area contributed by atoms with Crippen LogP contribution in [0.3, 0.4) is 0 Å². The lowest BCUT2D eigenvalue weighted by atomic mass is 10.2. The summed E-state index contributed by atoms with van der Waals surface area (Å²) in [7, 11) is 1.77. The Kier molecular flexibility index (Phi) is 3.93. The highest BCUT2D eigenvalue weighted by Gasteiger charge is 2.22. The molecule has 0 amide bonds. The summed E-state index contributed by atoms with van der Waals surface area (Å²) in [5.41, 5.74) is 2.09. The fourth-order valence-electron chi connectivity index (χ4n) is 2.14. The molecule has 112 valence electrons. The molecular formula is C14H18N4O3. The Morgan fingerprint density at radius 2 is 2.05 bits per heavy atom. The number of hydrogen-bond donors (Lipinski definition) is 1. The molecule has 0 aliphatic carbocycles.